The molecule has 0 saturated carbocycles. The molecule has 1 aliphatic rings. The fourth-order valence-electron chi connectivity index (χ4n) is 1.87. The number of ketones is 1. The van der Waals surface area contributed by atoms with E-state index in [1.165, 1.54) is 11.8 Å². The first kappa shape index (κ1) is 12.7. The predicted octanol–water partition coefficient (Wildman–Crippen LogP) is 1.53. The number of benzene rings is 1. The van der Waals surface area contributed by atoms with Gasteiger partial charge in [-0.25, -0.2) is 0 Å². The number of rotatable bonds is 3. The van der Waals surface area contributed by atoms with Crippen LogP contribution < -0.4 is 4.90 Å². The molecular weight excluding hydrogens is 250 g/mol. The molecule has 0 spiro atoms. The van der Waals surface area contributed by atoms with Crippen LogP contribution in [0.25, 0.3) is 0 Å². The van der Waals surface area contributed by atoms with Gasteiger partial charge in [0.2, 0.25) is 5.91 Å². The lowest BCUT2D eigenvalue weighted by molar-refractivity contribution is -0.116. The van der Waals surface area contributed by atoms with E-state index in [1.807, 2.05) is 0 Å². The van der Waals surface area contributed by atoms with E-state index in [0.717, 1.165) is 0 Å². The molecular formula is C13H13NO3S. The highest BCUT2D eigenvalue weighted by atomic mass is 32.2. The molecule has 5 heteroatoms. The van der Waals surface area contributed by atoms with Crippen molar-refractivity contribution in [1.82, 2.24) is 0 Å². The summed E-state index contributed by atoms with van der Waals surface area (Å²) in [6, 6.07) is 4.92. The van der Waals surface area contributed by atoms with Crippen LogP contribution in [0.5, 0.6) is 0 Å². The highest BCUT2D eigenvalue weighted by Gasteiger charge is 2.28. The van der Waals surface area contributed by atoms with Gasteiger partial charge >= 0.3 is 0 Å². The van der Waals surface area contributed by atoms with Gasteiger partial charge in [0.05, 0.1) is 21.4 Å². The van der Waals surface area contributed by atoms with Crippen molar-refractivity contribution in [2.75, 3.05) is 17.2 Å². The maximum absolute atomic E-state index is 11.9. The zero-order valence-electron chi connectivity index (χ0n) is 10.0. The van der Waals surface area contributed by atoms with Crippen molar-refractivity contribution < 1.29 is 13.8 Å². The number of carbonyl (C=O) groups excluding carboxylic acids is 2. The van der Waals surface area contributed by atoms with Crippen molar-refractivity contribution >= 4 is 28.2 Å². The number of fused-ring (bicyclic) bond motifs is 1. The highest BCUT2D eigenvalue weighted by molar-refractivity contribution is 7.86. The molecule has 1 aromatic carbocycles. The molecule has 94 valence electrons. The largest absolute Gasteiger partial charge is 0.307 e. The molecule has 1 unspecified atom stereocenters. The SMILES string of the molecule is C=CCN1C(=O)CS(=O)c2ccc(C(C)=O)cc21. The summed E-state index contributed by atoms with van der Waals surface area (Å²) in [6.45, 7) is 5.41. The standard InChI is InChI=1S/C13H13NO3S/c1-3-6-14-11-7-10(9(2)15)4-5-12(11)18(17)8-13(14)16/h3-5,7H,1,6,8H2,2H3. The predicted molar refractivity (Wildman–Crippen MR) is 70.3 cm³/mol. The van der Waals surface area contributed by atoms with Crippen LogP contribution in [-0.4, -0.2) is 28.2 Å². The first-order valence-corrected chi connectivity index (χ1v) is 6.81. The minimum absolute atomic E-state index is 0.0136. The third-order valence-corrected chi connectivity index (χ3v) is 4.11. The number of hydrogen-bond acceptors (Lipinski definition) is 3. The van der Waals surface area contributed by atoms with Crippen LogP contribution in [0.15, 0.2) is 35.7 Å². The fourth-order valence-corrected chi connectivity index (χ4v) is 3.03. The Morgan fingerprint density at radius 1 is 1.56 bits per heavy atom. The summed E-state index contributed by atoms with van der Waals surface area (Å²) in [6.07, 6.45) is 1.61. The lowest BCUT2D eigenvalue weighted by atomic mass is 10.1. The van der Waals surface area contributed by atoms with Crippen LogP contribution in [0.3, 0.4) is 0 Å². The van der Waals surface area contributed by atoms with Crippen LogP contribution in [-0.2, 0) is 15.6 Å². The molecule has 0 radical (unpaired) electrons. The van der Waals surface area contributed by atoms with Crippen LogP contribution in [0.4, 0.5) is 5.69 Å². The lowest BCUT2D eigenvalue weighted by Gasteiger charge is -2.28. The Hall–Kier alpha value is -1.75. The zero-order chi connectivity index (χ0) is 13.3. The van der Waals surface area contributed by atoms with E-state index in [1.54, 1.807) is 24.3 Å². The first-order valence-electron chi connectivity index (χ1n) is 5.49. The van der Waals surface area contributed by atoms with Crippen molar-refractivity contribution in [3.63, 3.8) is 0 Å². The highest BCUT2D eigenvalue weighted by Crippen LogP contribution is 2.30. The minimum atomic E-state index is -1.33. The van der Waals surface area contributed by atoms with Crippen LogP contribution in [0.1, 0.15) is 17.3 Å². The number of carbonyl (C=O) groups is 2. The maximum atomic E-state index is 11.9. The zero-order valence-corrected chi connectivity index (χ0v) is 10.8. The van der Waals surface area contributed by atoms with Crippen LogP contribution in [0, 0.1) is 0 Å². The summed E-state index contributed by atoms with van der Waals surface area (Å²) < 4.78 is 11.9. The van der Waals surface area contributed by atoms with Gasteiger partial charge in [-0.1, -0.05) is 12.1 Å². The van der Waals surface area contributed by atoms with Gasteiger partial charge in [-0.05, 0) is 19.1 Å². The molecule has 4 nitrogen and oxygen atoms in total. The quantitative estimate of drug-likeness (QED) is 0.614. The second-order valence-corrected chi connectivity index (χ2v) is 5.44. The van der Waals surface area contributed by atoms with Gasteiger partial charge in [0, 0.05) is 12.1 Å². The lowest BCUT2D eigenvalue weighted by Crippen LogP contribution is -2.39. The van der Waals surface area contributed by atoms with E-state index in [4.69, 9.17) is 0 Å². The smallest absolute Gasteiger partial charge is 0.240 e. The molecule has 0 fully saturated rings. The second kappa shape index (κ2) is 4.86. The van der Waals surface area contributed by atoms with Gasteiger partial charge in [0.1, 0.15) is 5.75 Å². The van der Waals surface area contributed by atoms with Crippen molar-refractivity contribution in [3.05, 3.63) is 36.4 Å². The number of amides is 1. The average Bonchev–Trinajstić information content (AvgIpc) is 2.33. The molecule has 2 rings (SSSR count). The molecule has 1 aliphatic heterocycles. The normalized spacial score (nSPS) is 18.4. The van der Waals surface area contributed by atoms with E-state index >= 15 is 0 Å². The number of anilines is 1. The Balaban J connectivity index is 2.57. The molecule has 1 aromatic rings. The molecule has 0 bridgehead atoms. The Bertz CT molecular complexity index is 565. The third-order valence-electron chi connectivity index (χ3n) is 2.77. The topological polar surface area (TPSA) is 54.5 Å². The molecule has 0 N–H and O–H groups in total. The molecule has 0 saturated heterocycles. The van der Waals surface area contributed by atoms with Gasteiger partial charge in [0.15, 0.2) is 5.78 Å². The number of hydrogen-bond donors (Lipinski definition) is 0. The Labute approximate surface area is 108 Å². The third kappa shape index (κ3) is 2.13. The number of nitrogens with zero attached hydrogens (tertiary/aromatic N) is 1. The van der Waals surface area contributed by atoms with E-state index in [9.17, 15) is 13.8 Å². The van der Waals surface area contributed by atoms with E-state index in [0.29, 0.717) is 22.7 Å². The molecule has 1 heterocycles. The van der Waals surface area contributed by atoms with Gasteiger partial charge in [-0.3, -0.25) is 13.8 Å². The molecule has 1 amide bonds. The Morgan fingerprint density at radius 3 is 2.89 bits per heavy atom. The summed E-state index contributed by atoms with van der Waals surface area (Å²) in [4.78, 5) is 25.3. The molecule has 0 aromatic heterocycles. The van der Waals surface area contributed by atoms with E-state index in [2.05, 4.69) is 6.58 Å². The number of Topliss-reactive ketones (excluding diaryl/α,β-unsaturated/α-hetero) is 1. The fraction of sp³-hybridized carbons (Fsp3) is 0.231. The van der Waals surface area contributed by atoms with Gasteiger partial charge in [-0.15, -0.1) is 6.58 Å². The molecule has 0 aliphatic carbocycles. The van der Waals surface area contributed by atoms with Gasteiger partial charge in [0.25, 0.3) is 0 Å². The average molecular weight is 263 g/mol. The maximum Gasteiger partial charge on any atom is 0.240 e. The second-order valence-electron chi connectivity index (χ2n) is 4.02. The van der Waals surface area contributed by atoms with E-state index < -0.39 is 10.8 Å². The molecule has 18 heavy (non-hydrogen) atoms. The van der Waals surface area contributed by atoms with Crippen LogP contribution in [0.2, 0.25) is 0 Å². The Kier molecular flexibility index (Phi) is 3.43. The summed E-state index contributed by atoms with van der Waals surface area (Å²) in [5.41, 5.74) is 1.06. The van der Waals surface area contributed by atoms with Gasteiger partial charge < -0.3 is 4.90 Å². The first-order chi connectivity index (χ1) is 8.54. The Morgan fingerprint density at radius 2 is 2.28 bits per heavy atom. The minimum Gasteiger partial charge on any atom is -0.307 e. The van der Waals surface area contributed by atoms with Crippen molar-refractivity contribution in [2.24, 2.45) is 0 Å². The van der Waals surface area contributed by atoms with E-state index in [-0.39, 0.29) is 17.4 Å². The van der Waals surface area contributed by atoms with Crippen molar-refractivity contribution in [3.8, 4) is 0 Å². The summed E-state index contributed by atoms with van der Waals surface area (Å²) in [5.74, 6) is -0.304. The summed E-state index contributed by atoms with van der Waals surface area (Å²) in [5, 5.41) is 0. The van der Waals surface area contributed by atoms with Crippen LogP contribution >= 0.6 is 0 Å². The van der Waals surface area contributed by atoms with Crippen molar-refractivity contribution in [2.45, 2.75) is 11.8 Å². The summed E-state index contributed by atoms with van der Waals surface area (Å²) in [7, 11) is -1.33. The van der Waals surface area contributed by atoms with Gasteiger partial charge in [-0.2, -0.15) is 0 Å². The monoisotopic (exact) mass is 263 g/mol. The summed E-state index contributed by atoms with van der Waals surface area (Å²) >= 11 is 0. The van der Waals surface area contributed by atoms with Crippen molar-refractivity contribution in [1.29, 1.82) is 0 Å². The molecule has 1 atom stereocenters.